The van der Waals surface area contributed by atoms with Crippen LogP contribution in [0.5, 0.6) is 0 Å². The second kappa shape index (κ2) is 9.32. The summed E-state index contributed by atoms with van der Waals surface area (Å²) in [6.45, 7) is 3.73. The third-order valence-corrected chi connectivity index (χ3v) is 5.99. The van der Waals surface area contributed by atoms with Gasteiger partial charge in [0, 0.05) is 41.5 Å². The van der Waals surface area contributed by atoms with E-state index in [0.717, 1.165) is 22.7 Å². The lowest BCUT2D eigenvalue weighted by atomic mass is 10.1. The Hall–Kier alpha value is -1.21. The Morgan fingerprint density at radius 3 is 2.71 bits per heavy atom. The molecule has 1 fully saturated rings. The van der Waals surface area contributed by atoms with Crippen LogP contribution in [0.15, 0.2) is 33.7 Å². The minimum Gasteiger partial charge on any atom is -0.356 e. The van der Waals surface area contributed by atoms with Gasteiger partial charge in [0.05, 0.1) is 0 Å². The molecular formula is C17H25BrN4OS. The normalized spacial score (nSPS) is 20.7. The second-order valence-electron chi connectivity index (χ2n) is 6.06. The third-order valence-electron chi connectivity index (χ3n) is 3.93. The lowest BCUT2D eigenvalue weighted by Crippen LogP contribution is -2.44. The Morgan fingerprint density at radius 1 is 1.33 bits per heavy atom. The van der Waals surface area contributed by atoms with Crippen LogP contribution in [0.25, 0.3) is 0 Å². The van der Waals surface area contributed by atoms with Crippen LogP contribution in [0.3, 0.4) is 0 Å². The number of rotatable bonds is 6. The molecule has 1 aromatic rings. The molecule has 3 N–H and O–H groups in total. The maximum atomic E-state index is 12.0. The van der Waals surface area contributed by atoms with E-state index in [4.69, 9.17) is 0 Å². The molecular weight excluding hydrogens is 388 g/mol. The van der Waals surface area contributed by atoms with Gasteiger partial charge in [0.1, 0.15) is 0 Å². The summed E-state index contributed by atoms with van der Waals surface area (Å²) in [7, 11) is 1.75. The number of carbonyl (C=O) groups is 1. The van der Waals surface area contributed by atoms with E-state index in [2.05, 4.69) is 43.8 Å². The van der Waals surface area contributed by atoms with Crippen LogP contribution in [-0.2, 0) is 4.79 Å². The maximum Gasteiger partial charge on any atom is 0.226 e. The molecule has 5 nitrogen and oxygen atoms in total. The van der Waals surface area contributed by atoms with E-state index >= 15 is 0 Å². The number of nitrogens with one attached hydrogen (secondary N) is 3. The van der Waals surface area contributed by atoms with Gasteiger partial charge in [-0.3, -0.25) is 9.79 Å². The molecule has 1 atom stereocenters. The van der Waals surface area contributed by atoms with E-state index in [1.807, 2.05) is 36.0 Å². The van der Waals surface area contributed by atoms with Crippen LogP contribution in [0.1, 0.15) is 26.2 Å². The first kappa shape index (κ1) is 19.1. The zero-order chi connectivity index (χ0) is 17.4. The van der Waals surface area contributed by atoms with Crippen LogP contribution in [0, 0.1) is 0 Å². The third kappa shape index (κ3) is 6.36. The molecule has 2 rings (SSSR count). The van der Waals surface area contributed by atoms with Gasteiger partial charge in [-0.2, -0.15) is 11.8 Å². The van der Waals surface area contributed by atoms with Crippen LogP contribution in [0.2, 0.25) is 0 Å². The smallest absolute Gasteiger partial charge is 0.226 e. The Balaban J connectivity index is 1.67. The number of carbonyl (C=O) groups excluding carboxylic acids is 1. The first-order chi connectivity index (χ1) is 11.5. The molecule has 0 bridgehead atoms. The van der Waals surface area contributed by atoms with Crippen molar-refractivity contribution >= 4 is 45.2 Å². The summed E-state index contributed by atoms with van der Waals surface area (Å²) in [5.41, 5.74) is 0.803. The highest BCUT2D eigenvalue weighted by Crippen LogP contribution is 2.36. The average Bonchev–Trinajstić information content (AvgIpc) is 3.00. The highest BCUT2D eigenvalue weighted by molar-refractivity contribution is 9.10. The fourth-order valence-corrected chi connectivity index (χ4v) is 4.03. The van der Waals surface area contributed by atoms with Gasteiger partial charge in [0.15, 0.2) is 5.96 Å². The number of amides is 1. The van der Waals surface area contributed by atoms with Crippen molar-refractivity contribution in [2.24, 2.45) is 4.99 Å². The van der Waals surface area contributed by atoms with Crippen molar-refractivity contribution in [3.05, 3.63) is 28.7 Å². The molecule has 132 valence electrons. The molecule has 1 amide bonds. The second-order valence-corrected chi connectivity index (χ2v) is 8.66. The number of benzene rings is 1. The largest absolute Gasteiger partial charge is 0.356 e. The quantitative estimate of drug-likeness (QED) is 0.495. The molecule has 1 aromatic carbocycles. The zero-order valence-electron chi connectivity index (χ0n) is 14.2. The van der Waals surface area contributed by atoms with Crippen molar-refractivity contribution in [2.45, 2.75) is 30.9 Å². The molecule has 0 aliphatic carbocycles. The molecule has 0 radical (unpaired) electrons. The van der Waals surface area contributed by atoms with Gasteiger partial charge in [-0.05, 0) is 49.8 Å². The summed E-state index contributed by atoms with van der Waals surface area (Å²) in [6.07, 6.45) is 2.91. The first-order valence-corrected chi connectivity index (χ1v) is 9.92. The number of anilines is 1. The van der Waals surface area contributed by atoms with Gasteiger partial charge < -0.3 is 16.0 Å². The van der Waals surface area contributed by atoms with Crippen molar-refractivity contribution in [2.75, 3.05) is 31.2 Å². The topological polar surface area (TPSA) is 65.5 Å². The van der Waals surface area contributed by atoms with Crippen molar-refractivity contribution in [1.29, 1.82) is 0 Å². The monoisotopic (exact) mass is 412 g/mol. The van der Waals surface area contributed by atoms with Gasteiger partial charge in [-0.15, -0.1) is 0 Å². The number of thioether (sulfide) groups is 1. The Morgan fingerprint density at radius 2 is 2.08 bits per heavy atom. The summed E-state index contributed by atoms with van der Waals surface area (Å²) in [5, 5.41) is 9.44. The molecule has 7 heteroatoms. The minimum absolute atomic E-state index is 0.0152. The van der Waals surface area contributed by atoms with E-state index in [-0.39, 0.29) is 10.7 Å². The van der Waals surface area contributed by atoms with E-state index in [1.54, 1.807) is 7.05 Å². The molecule has 1 unspecified atom stereocenters. The summed E-state index contributed by atoms with van der Waals surface area (Å²) >= 11 is 5.39. The number of hydrogen-bond acceptors (Lipinski definition) is 3. The standard InChI is InChI=1S/C17H25BrN4OS/c1-17(9-3-11-24-17)12-21-16(19-2)20-10-8-15(23)22-14-6-4-13(18)5-7-14/h4-7H,3,8-12H2,1-2H3,(H,22,23)(H2,19,20,21). The lowest BCUT2D eigenvalue weighted by molar-refractivity contribution is -0.116. The SMILES string of the molecule is CN=C(NCCC(=O)Nc1ccc(Br)cc1)NCC1(C)CCCS1. The summed E-state index contributed by atoms with van der Waals surface area (Å²) in [6, 6.07) is 7.55. The highest BCUT2D eigenvalue weighted by Gasteiger charge is 2.29. The fraction of sp³-hybridized carbons (Fsp3) is 0.529. The van der Waals surface area contributed by atoms with Crippen LogP contribution in [-0.4, -0.2) is 42.5 Å². The van der Waals surface area contributed by atoms with Gasteiger partial charge >= 0.3 is 0 Å². The molecule has 0 aromatic heterocycles. The van der Waals surface area contributed by atoms with E-state index in [1.165, 1.54) is 18.6 Å². The van der Waals surface area contributed by atoms with Crippen molar-refractivity contribution in [3.63, 3.8) is 0 Å². The molecule has 24 heavy (non-hydrogen) atoms. The Labute approximate surface area is 156 Å². The Bertz CT molecular complexity index is 570. The predicted molar refractivity (Wildman–Crippen MR) is 107 cm³/mol. The van der Waals surface area contributed by atoms with Crippen LogP contribution >= 0.6 is 27.7 Å². The maximum absolute atomic E-state index is 12.0. The van der Waals surface area contributed by atoms with Crippen molar-refractivity contribution in [3.8, 4) is 0 Å². The van der Waals surface area contributed by atoms with Gasteiger partial charge in [-0.25, -0.2) is 0 Å². The predicted octanol–water partition coefficient (Wildman–Crippen LogP) is 3.23. The van der Waals surface area contributed by atoms with Crippen molar-refractivity contribution < 1.29 is 4.79 Å². The van der Waals surface area contributed by atoms with E-state index in [9.17, 15) is 4.79 Å². The Kier molecular flexibility index (Phi) is 7.42. The summed E-state index contributed by atoms with van der Waals surface area (Å²) < 4.78 is 1.28. The number of aliphatic imine (C=N–C) groups is 1. The zero-order valence-corrected chi connectivity index (χ0v) is 16.6. The summed E-state index contributed by atoms with van der Waals surface area (Å²) in [5.74, 6) is 1.97. The number of nitrogens with zero attached hydrogens (tertiary/aromatic N) is 1. The average molecular weight is 413 g/mol. The van der Waals surface area contributed by atoms with E-state index < -0.39 is 0 Å². The number of hydrogen-bond donors (Lipinski definition) is 3. The van der Waals surface area contributed by atoms with Crippen LogP contribution < -0.4 is 16.0 Å². The van der Waals surface area contributed by atoms with Crippen molar-refractivity contribution in [1.82, 2.24) is 10.6 Å². The molecule has 0 saturated carbocycles. The number of guanidine groups is 1. The molecule has 1 heterocycles. The lowest BCUT2D eigenvalue weighted by Gasteiger charge is -2.24. The van der Waals surface area contributed by atoms with E-state index in [0.29, 0.717) is 13.0 Å². The van der Waals surface area contributed by atoms with Gasteiger partial charge in [0.2, 0.25) is 5.91 Å². The highest BCUT2D eigenvalue weighted by atomic mass is 79.9. The molecule has 1 aliphatic heterocycles. The minimum atomic E-state index is -0.0152. The van der Waals surface area contributed by atoms with Gasteiger partial charge in [-0.1, -0.05) is 15.9 Å². The van der Waals surface area contributed by atoms with Gasteiger partial charge in [0.25, 0.3) is 0 Å². The van der Waals surface area contributed by atoms with Crippen LogP contribution in [0.4, 0.5) is 5.69 Å². The first-order valence-electron chi connectivity index (χ1n) is 8.15. The molecule has 1 aliphatic rings. The molecule has 1 saturated heterocycles. The summed E-state index contributed by atoms with van der Waals surface area (Å²) in [4.78, 5) is 16.2. The molecule has 0 spiro atoms. The number of halogens is 1. The fourth-order valence-electron chi connectivity index (χ4n) is 2.52.